The maximum atomic E-state index is 12.5. The highest BCUT2D eigenvalue weighted by Gasteiger charge is 2.48. The number of nitrogens with zero attached hydrogens (tertiary/aromatic N) is 2. The third-order valence-corrected chi connectivity index (χ3v) is 5.51. The van der Waals surface area contributed by atoms with E-state index in [0.717, 1.165) is 43.2 Å². The van der Waals surface area contributed by atoms with Gasteiger partial charge < -0.3 is 5.32 Å². The molecular weight excluding hydrogens is 270 g/mol. The lowest BCUT2D eigenvalue weighted by molar-refractivity contribution is -0.124. The fourth-order valence-corrected chi connectivity index (χ4v) is 4.07. The zero-order valence-electron chi connectivity index (χ0n) is 11.6. The average molecular weight is 289 g/mol. The number of hydrogen-bond donors (Lipinski definition) is 1. The van der Waals surface area contributed by atoms with Gasteiger partial charge in [0.25, 0.3) is 5.91 Å². The molecule has 0 radical (unpaired) electrons. The van der Waals surface area contributed by atoms with E-state index in [1.54, 1.807) is 11.8 Å². The molecule has 5 heteroatoms. The molecule has 20 heavy (non-hydrogen) atoms. The summed E-state index contributed by atoms with van der Waals surface area (Å²) in [6.07, 6.45) is 0.788. The molecule has 3 rings (SSSR count). The highest BCUT2D eigenvalue weighted by molar-refractivity contribution is 8.16. The van der Waals surface area contributed by atoms with Crippen LogP contribution in [0, 0.1) is 0 Å². The Morgan fingerprint density at radius 2 is 2.00 bits per heavy atom. The van der Waals surface area contributed by atoms with Gasteiger partial charge in [-0.3, -0.25) is 9.69 Å². The summed E-state index contributed by atoms with van der Waals surface area (Å²) >= 11 is 1.62. The van der Waals surface area contributed by atoms with Gasteiger partial charge in [-0.2, -0.15) is 0 Å². The molecule has 1 saturated heterocycles. The summed E-state index contributed by atoms with van der Waals surface area (Å²) in [6, 6.07) is 9.99. The van der Waals surface area contributed by atoms with Crippen molar-refractivity contribution in [3.05, 3.63) is 35.9 Å². The number of benzene rings is 1. The van der Waals surface area contributed by atoms with E-state index in [2.05, 4.69) is 22.1 Å². The number of piperazine rings is 1. The van der Waals surface area contributed by atoms with E-state index in [4.69, 9.17) is 0 Å². The molecule has 4 nitrogen and oxygen atoms in total. The molecule has 1 aromatic rings. The predicted molar refractivity (Wildman–Crippen MR) is 83.0 cm³/mol. The smallest absolute Gasteiger partial charge is 0.278 e. The molecule has 1 N–H and O–H groups in total. The molecule has 0 aliphatic carbocycles. The first-order chi connectivity index (χ1) is 9.76. The lowest BCUT2D eigenvalue weighted by Crippen LogP contribution is -2.56. The first kappa shape index (κ1) is 13.8. The molecule has 2 heterocycles. The van der Waals surface area contributed by atoms with Gasteiger partial charge in [0.2, 0.25) is 0 Å². The molecule has 2 aliphatic heterocycles. The van der Waals surface area contributed by atoms with Crippen LogP contribution in [0.15, 0.2) is 35.3 Å². The number of amides is 1. The van der Waals surface area contributed by atoms with Gasteiger partial charge >= 0.3 is 0 Å². The number of thioether (sulfide) groups is 1. The van der Waals surface area contributed by atoms with Crippen molar-refractivity contribution in [1.29, 1.82) is 0 Å². The van der Waals surface area contributed by atoms with Crippen molar-refractivity contribution in [1.82, 2.24) is 10.2 Å². The highest BCUT2D eigenvalue weighted by Crippen LogP contribution is 2.42. The molecule has 0 bridgehead atoms. The van der Waals surface area contributed by atoms with E-state index in [-0.39, 0.29) is 5.91 Å². The Labute approximate surface area is 123 Å². The Balaban J connectivity index is 1.87. The van der Waals surface area contributed by atoms with E-state index in [0.29, 0.717) is 0 Å². The van der Waals surface area contributed by atoms with Gasteiger partial charge in [-0.15, -0.1) is 0 Å². The summed E-state index contributed by atoms with van der Waals surface area (Å²) in [7, 11) is 0. The lowest BCUT2D eigenvalue weighted by Gasteiger charge is -2.40. The average Bonchev–Trinajstić information content (AvgIpc) is 2.87. The number of nitrogens with one attached hydrogen (secondary N) is 1. The Bertz CT molecular complexity index is 525. The third kappa shape index (κ3) is 2.30. The van der Waals surface area contributed by atoms with Gasteiger partial charge in [0.1, 0.15) is 5.04 Å². The number of carbonyl (C=O) groups is 1. The zero-order chi connectivity index (χ0) is 14.0. The summed E-state index contributed by atoms with van der Waals surface area (Å²) in [5.41, 5.74) is 1.04. The third-order valence-electron chi connectivity index (χ3n) is 3.93. The maximum Gasteiger partial charge on any atom is 0.278 e. The van der Waals surface area contributed by atoms with E-state index in [9.17, 15) is 4.79 Å². The Morgan fingerprint density at radius 1 is 1.30 bits per heavy atom. The standard InChI is InChI=1S/C15H19N3OS/c1-2-15(18-10-8-16-9-11-18)14(19)17-13(20-15)12-6-4-3-5-7-12/h3-7,16H,2,8-11H2,1H3. The number of hydrogen-bond acceptors (Lipinski definition) is 4. The van der Waals surface area contributed by atoms with Gasteiger partial charge in [0.15, 0.2) is 4.87 Å². The summed E-state index contributed by atoms with van der Waals surface area (Å²) < 4.78 is 0. The van der Waals surface area contributed by atoms with Crippen LogP contribution in [0.25, 0.3) is 0 Å². The molecule has 1 fully saturated rings. The van der Waals surface area contributed by atoms with Crippen molar-refractivity contribution in [2.75, 3.05) is 26.2 Å². The fourth-order valence-electron chi connectivity index (χ4n) is 2.78. The normalized spacial score (nSPS) is 27.6. The first-order valence-electron chi connectivity index (χ1n) is 7.09. The fraction of sp³-hybridized carbons (Fsp3) is 0.467. The number of rotatable bonds is 3. The van der Waals surface area contributed by atoms with E-state index >= 15 is 0 Å². The highest BCUT2D eigenvalue weighted by atomic mass is 32.2. The maximum absolute atomic E-state index is 12.5. The summed E-state index contributed by atoms with van der Waals surface area (Å²) in [5.74, 6) is 0.00533. The van der Waals surface area contributed by atoms with E-state index in [1.165, 1.54) is 0 Å². The largest absolute Gasteiger partial charge is 0.314 e. The van der Waals surface area contributed by atoms with Crippen LogP contribution in [-0.2, 0) is 4.79 Å². The van der Waals surface area contributed by atoms with Gasteiger partial charge in [-0.05, 0) is 6.42 Å². The van der Waals surface area contributed by atoms with E-state index in [1.807, 2.05) is 30.3 Å². The van der Waals surface area contributed by atoms with E-state index < -0.39 is 4.87 Å². The zero-order valence-corrected chi connectivity index (χ0v) is 12.4. The van der Waals surface area contributed by atoms with Crippen LogP contribution in [0.3, 0.4) is 0 Å². The van der Waals surface area contributed by atoms with Crippen molar-refractivity contribution >= 4 is 22.7 Å². The van der Waals surface area contributed by atoms with Gasteiger partial charge in [0, 0.05) is 31.7 Å². The van der Waals surface area contributed by atoms with Crippen LogP contribution in [0.1, 0.15) is 18.9 Å². The van der Waals surface area contributed by atoms with Gasteiger partial charge in [-0.1, -0.05) is 49.0 Å². The number of aliphatic imine (C=N–C) groups is 1. The quantitative estimate of drug-likeness (QED) is 0.920. The van der Waals surface area contributed by atoms with Crippen LogP contribution in [-0.4, -0.2) is 46.9 Å². The number of carbonyl (C=O) groups excluding carboxylic acids is 1. The SMILES string of the molecule is CCC1(N2CCNCC2)SC(c2ccccc2)=NC1=O. The first-order valence-corrected chi connectivity index (χ1v) is 7.91. The van der Waals surface area contributed by atoms with Crippen LogP contribution in [0.4, 0.5) is 0 Å². The molecule has 0 saturated carbocycles. The van der Waals surface area contributed by atoms with Gasteiger partial charge in [-0.25, -0.2) is 4.99 Å². The second-order valence-electron chi connectivity index (χ2n) is 5.07. The molecule has 1 aromatic carbocycles. The van der Waals surface area contributed by atoms with Crippen molar-refractivity contribution in [2.24, 2.45) is 4.99 Å². The Morgan fingerprint density at radius 3 is 2.65 bits per heavy atom. The van der Waals surface area contributed by atoms with Crippen LogP contribution in [0.2, 0.25) is 0 Å². The minimum Gasteiger partial charge on any atom is -0.314 e. The monoisotopic (exact) mass is 289 g/mol. The molecule has 106 valence electrons. The van der Waals surface area contributed by atoms with Crippen LogP contribution >= 0.6 is 11.8 Å². The molecule has 1 amide bonds. The Hall–Kier alpha value is -1.17. The minimum atomic E-state index is -0.493. The summed E-state index contributed by atoms with van der Waals surface area (Å²) in [4.78, 5) is 18.7. The van der Waals surface area contributed by atoms with Crippen molar-refractivity contribution < 1.29 is 4.79 Å². The van der Waals surface area contributed by atoms with Gasteiger partial charge in [0.05, 0.1) is 0 Å². The minimum absolute atomic E-state index is 0.00533. The van der Waals surface area contributed by atoms with Crippen molar-refractivity contribution in [3.8, 4) is 0 Å². The molecule has 1 atom stereocenters. The van der Waals surface area contributed by atoms with Crippen molar-refractivity contribution in [2.45, 2.75) is 18.2 Å². The van der Waals surface area contributed by atoms with Crippen LogP contribution in [0.5, 0.6) is 0 Å². The Kier molecular flexibility index (Phi) is 3.92. The van der Waals surface area contributed by atoms with Crippen LogP contribution < -0.4 is 5.32 Å². The summed E-state index contributed by atoms with van der Waals surface area (Å²) in [5, 5.41) is 4.19. The second kappa shape index (κ2) is 5.68. The molecular formula is C15H19N3OS. The van der Waals surface area contributed by atoms with Crippen molar-refractivity contribution in [3.63, 3.8) is 0 Å². The summed E-state index contributed by atoms with van der Waals surface area (Å²) in [6.45, 7) is 5.78. The second-order valence-corrected chi connectivity index (χ2v) is 6.33. The predicted octanol–water partition coefficient (Wildman–Crippen LogP) is 1.72. The molecule has 0 spiro atoms. The molecule has 2 aliphatic rings. The molecule has 1 unspecified atom stereocenters. The lowest BCUT2D eigenvalue weighted by atomic mass is 10.1. The topological polar surface area (TPSA) is 44.7 Å². The molecule has 0 aromatic heterocycles.